The fraction of sp³-hybridized carbons (Fsp3) is 0.867. The van der Waals surface area contributed by atoms with Crippen molar-refractivity contribution >= 4 is 11.8 Å². The normalized spacial score (nSPS) is 26.7. The van der Waals surface area contributed by atoms with E-state index in [9.17, 15) is 9.59 Å². The van der Waals surface area contributed by atoms with Gasteiger partial charge in [0.05, 0.1) is 6.54 Å². The lowest BCUT2D eigenvalue weighted by Crippen LogP contribution is -2.53. The number of nitrogens with one attached hydrogen (secondary N) is 2. The summed E-state index contributed by atoms with van der Waals surface area (Å²) in [5.74, 6) is 0.809. The molecule has 0 spiro atoms. The molecule has 0 aromatic heterocycles. The van der Waals surface area contributed by atoms with Crippen LogP contribution in [0, 0.1) is 11.8 Å². The van der Waals surface area contributed by atoms with Crippen molar-refractivity contribution in [2.24, 2.45) is 11.8 Å². The number of likely N-dealkylation sites (tertiary alicyclic amines) is 1. The number of hydrogen-bond donors (Lipinski definition) is 2. The third kappa shape index (κ3) is 3.14. The van der Waals surface area contributed by atoms with Crippen molar-refractivity contribution < 1.29 is 9.59 Å². The van der Waals surface area contributed by atoms with Crippen molar-refractivity contribution in [1.82, 2.24) is 15.5 Å². The zero-order valence-corrected chi connectivity index (χ0v) is 12.8. The van der Waals surface area contributed by atoms with Crippen molar-refractivity contribution in [1.29, 1.82) is 0 Å². The Balaban J connectivity index is 2.01. The second kappa shape index (κ2) is 6.57. The van der Waals surface area contributed by atoms with Crippen molar-refractivity contribution in [3.63, 3.8) is 0 Å². The van der Waals surface area contributed by atoms with Gasteiger partial charge in [-0.25, -0.2) is 0 Å². The minimum atomic E-state index is -0.393. The van der Waals surface area contributed by atoms with E-state index < -0.39 is 6.04 Å². The zero-order valence-electron chi connectivity index (χ0n) is 12.8. The molecule has 0 aromatic carbocycles. The molecule has 0 aromatic rings. The maximum atomic E-state index is 12.8. The van der Waals surface area contributed by atoms with Crippen molar-refractivity contribution in [3.05, 3.63) is 0 Å². The summed E-state index contributed by atoms with van der Waals surface area (Å²) in [6.07, 6.45) is 4.75. The predicted molar refractivity (Wildman–Crippen MR) is 78.2 cm³/mol. The van der Waals surface area contributed by atoms with Crippen LogP contribution in [0.4, 0.5) is 0 Å². The molecular formula is C15H27N3O2. The quantitative estimate of drug-likeness (QED) is 0.781. The van der Waals surface area contributed by atoms with Crippen LogP contribution in [0.25, 0.3) is 0 Å². The molecule has 0 radical (unpaired) electrons. The summed E-state index contributed by atoms with van der Waals surface area (Å²) < 4.78 is 0. The molecule has 0 bridgehead atoms. The molecule has 2 amide bonds. The van der Waals surface area contributed by atoms with Crippen LogP contribution in [0.5, 0.6) is 0 Å². The Labute approximate surface area is 121 Å². The molecule has 5 nitrogen and oxygen atoms in total. The summed E-state index contributed by atoms with van der Waals surface area (Å²) in [6, 6.07) is 0.0279. The first-order chi connectivity index (χ1) is 9.54. The summed E-state index contributed by atoms with van der Waals surface area (Å²) in [5.41, 5.74) is 0. The average molecular weight is 281 g/mol. The number of rotatable bonds is 5. The molecule has 3 unspecified atom stereocenters. The van der Waals surface area contributed by atoms with E-state index in [0.29, 0.717) is 12.0 Å². The van der Waals surface area contributed by atoms with Gasteiger partial charge < -0.3 is 15.5 Å². The summed E-state index contributed by atoms with van der Waals surface area (Å²) in [7, 11) is 1.73. The SMILES string of the molecule is CNCC(=O)NC(C(=O)N1CCC2CCCC21)C(C)C. The van der Waals surface area contributed by atoms with E-state index in [-0.39, 0.29) is 24.3 Å². The highest BCUT2D eigenvalue weighted by atomic mass is 16.2. The number of amides is 2. The van der Waals surface area contributed by atoms with Crippen LogP contribution < -0.4 is 10.6 Å². The number of fused-ring (bicyclic) bond motifs is 1. The second-order valence-electron chi connectivity index (χ2n) is 6.40. The molecule has 20 heavy (non-hydrogen) atoms. The van der Waals surface area contributed by atoms with E-state index in [2.05, 4.69) is 10.6 Å². The van der Waals surface area contributed by atoms with Gasteiger partial charge in [0.15, 0.2) is 0 Å². The van der Waals surface area contributed by atoms with Gasteiger partial charge in [-0.2, -0.15) is 0 Å². The lowest BCUT2D eigenvalue weighted by molar-refractivity contribution is -0.138. The van der Waals surface area contributed by atoms with Gasteiger partial charge >= 0.3 is 0 Å². The first kappa shape index (κ1) is 15.3. The molecule has 2 aliphatic rings. The van der Waals surface area contributed by atoms with E-state index in [4.69, 9.17) is 0 Å². The fourth-order valence-electron chi connectivity index (χ4n) is 3.59. The van der Waals surface area contributed by atoms with Crippen LogP contribution in [0.3, 0.4) is 0 Å². The van der Waals surface area contributed by atoms with Gasteiger partial charge in [0.25, 0.3) is 0 Å². The Morgan fingerprint density at radius 3 is 2.65 bits per heavy atom. The second-order valence-corrected chi connectivity index (χ2v) is 6.40. The van der Waals surface area contributed by atoms with Gasteiger partial charge in [0, 0.05) is 12.6 Å². The maximum Gasteiger partial charge on any atom is 0.245 e. The third-order valence-electron chi connectivity index (χ3n) is 4.63. The van der Waals surface area contributed by atoms with Gasteiger partial charge in [-0.05, 0) is 38.1 Å². The van der Waals surface area contributed by atoms with Gasteiger partial charge in [0.2, 0.25) is 11.8 Å². The number of hydrogen-bond acceptors (Lipinski definition) is 3. The Kier molecular flexibility index (Phi) is 5.02. The van der Waals surface area contributed by atoms with Crippen LogP contribution in [-0.4, -0.2) is 48.9 Å². The third-order valence-corrected chi connectivity index (χ3v) is 4.63. The summed E-state index contributed by atoms with van der Waals surface area (Å²) in [6.45, 7) is 5.09. The van der Waals surface area contributed by atoms with Gasteiger partial charge in [-0.1, -0.05) is 20.3 Å². The maximum absolute atomic E-state index is 12.8. The highest BCUT2D eigenvalue weighted by Gasteiger charge is 2.42. The predicted octanol–water partition coefficient (Wildman–Crippen LogP) is 0.748. The molecule has 5 heteroatoms. The van der Waals surface area contributed by atoms with E-state index in [1.165, 1.54) is 12.8 Å². The molecule has 1 saturated carbocycles. The Bertz CT molecular complexity index is 370. The van der Waals surface area contributed by atoms with Crippen LogP contribution in [0.2, 0.25) is 0 Å². The van der Waals surface area contributed by atoms with E-state index >= 15 is 0 Å². The van der Waals surface area contributed by atoms with Crippen LogP contribution in [0.1, 0.15) is 39.5 Å². The number of likely N-dealkylation sites (N-methyl/N-ethyl adjacent to an activating group) is 1. The molecule has 1 aliphatic heterocycles. The summed E-state index contributed by atoms with van der Waals surface area (Å²) in [5, 5.41) is 5.70. The molecule has 2 N–H and O–H groups in total. The van der Waals surface area contributed by atoms with Gasteiger partial charge in [-0.15, -0.1) is 0 Å². The smallest absolute Gasteiger partial charge is 0.245 e. The molecule has 1 heterocycles. The topological polar surface area (TPSA) is 61.4 Å². The Morgan fingerprint density at radius 2 is 2.00 bits per heavy atom. The van der Waals surface area contributed by atoms with Crippen molar-refractivity contribution in [2.75, 3.05) is 20.1 Å². The number of carbonyl (C=O) groups is 2. The lowest BCUT2D eigenvalue weighted by atomic mass is 10.0. The largest absolute Gasteiger partial charge is 0.343 e. The lowest BCUT2D eigenvalue weighted by Gasteiger charge is -2.30. The van der Waals surface area contributed by atoms with E-state index in [1.807, 2.05) is 18.7 Å². The summed E-state index contributed by atoms with van der Waals surface area (Å²) >= 11 is 0. The number of carbonyl (C=O) groups excluding carboxylic acids is 2. The van der Waals surface area contributed by atoms with Crippen LogP contribution in [0.15, 0.2) is 0 Å². The number of nitrogens with zero attached hydrogens (tertiary/aromatic N) is 1. The van der Waals surface area contributed by atoms with Gasteiger partial charge in [-0.3, -0.25) is 9.59 Å². The van der Waals surface area contributed by atoms with Crippen LogP contribution in [-0.2, 0) is 9.59 Å². The molecule has 3 atom stereocenters. The first-order valence-corrected chi connectivity index (χ1v) is 7.79. The van der Waals surface area contributed by atoms with Gasteiger partial charge in [0.1, 0.15) is 6.04 Å². The molecular weight excluding hydrogens is 254 g/mol. The monoisotopic (exact) mass is 281 g/mol. The first-order valence-electron chi connectivity index (χ1n) is 7.79. The molecule has 1 saturated heterocycles. The van der Waals surface area contributed by atoms with Crippen molar-refractivity contribution in [2.45, 2.75) is 51.6 Å². The Hall–Kier alpha value is -1.10. The average Bonchev–Trinajstić information content (AvgIpc) is 2.97. The van der Waals surface area contributed by atoms with E-state index in [1.54, 1.807) is 7.05 Å². The minimum Gasteiger partial charge on any atom is -0.343 e. The standard InChI is InChI=1S/C15H27N3O2/c1-10(2)14(17-13(19)9-16-3)15(20)18-8-7-11-5-4-6-12(11)18/h10-12,14,16H,4-9H2,1-3H3,(H,17,19). The minimum absolute atomic E-state index is 0.110. The molecule has 114 valence electrons. The fourth-order valence-corrected chi connectivity index (χ4v) is 3.59. The Morgan fingerprint density at radius 1 is 1.25 bits per heavy atom. The van der Waals surface area contributed by atoms with E-state index in [0.717, 1.165) is 19.4 Å². The molecule has 2 rings (SSSR count). The molecule has 1 aliphatic carbocycles. The highest BCUT2D eigenvalue weighted by Crippen LogP contribution is 2.38. The van der Waals surface area contributed by atoms with Crippen LogP contribution >= 0.6 is 0 Å². The highest BCUT2D eigenvalue weighted by molar-refractivity contribution is 5.89. The zero-order chi connectivity index (χ0) is 14.7. The molecule has 2 fully saturated rings. The summed E-state index contributed by atoms with van der Waals surface area (Å²) in [4.78, 5) is 26.6. The van der Waals surface area contributed by atoms with Crippen molar-refractivity contribution in [3.8, 4) is 0 Å².